The first kappa shape index (κ1) is 16.1. The van der Waals surface area contributed by atoms with Gasteiger partial charge in [-0.25, -0.2) is 4.98 Å². The van der Waals surface area contributed by atoms with Crippen molar-refractivity contribution in [2.75, 3.05) is 0 Å². The minimum atomic E-state index is 0.889. The highest BCUT2D eigenvalue weighted by Crippen LogP contribution is 2.03. The van der Waals surface area contributed by atoms with Crippen LogP contribution in [0.4, 0.5) is 0 Å². The van der Waals surface area contributed by atoms with E-state index in [0.29, 0.717) is 0 Å². The molecule has 2 nitrogen and oxygen atoms in total. The Labute approximate surface area is 94.4 Å². The second-order valence-corrected chi connectivity index (χ2v) is 2.33. The fourth-order valence-electron chi connectivity index (χ4n) is 0.966. The molecule has 0 unspecified atom stereocenters. The predicted octanol–water partition coefficient (Wildman–Crippen LogP) is 4.38. The van der Waals surface area contributed by atoms with Gasteiger partial charge in [0.25, 0.3) is 0 Å². The van der Waals surface area contributed by atoms with Gasteiger partial charge in [0.05, 0.1) is 5.69 Å². The largest absolute Gasteiger partial charge is 0.307 e. The molecule has 0 fully saturated rings. The van der Waals surface area contributed by atoms with Crippen molar-refractivity contribution in [2.24, 2.45) is 0 Å². The Bertz CT molecular complexity index is 283. The third-order valence-electron chi connectivity index (χ3n) is 1.37. The Morgan fingerprint density at radius 1 is 1.27 bits per heavy atom. The smallest absolute Gasteiger partial charge is 0.136 e. The zero-order valence-corrected chi connectivity index (χ0v) is 10.9. The average molecular weight is 208 g/mol. The molecule has 0 aliphatic rings. The van der Waals surface area contributed by atoms with Gasteiger partial charge in [0, 0.05) is 12.4 Å². The van der Waals surface area contributed by atoms with Gasteiger partial charge in [0.2, 0.25) is 0 Å². The maximum Gasteiger partial charge on any atom is 0.136 e. The summed E-state index contributed by atoms with van der Waals surface area (Å²) in [7, 11) is 0. The van der Waals surface area contributed by atoms with E-state index < -0.39 is 0 Å². The van der Waals surface area contributed by atoms with Crippen molar-refractivity contribution in [1.29, 1.82) is 0 Å². The molecule has 0 spiro atoms. The van der Waals surface area contributed by atoms with E-state index in [1.807, 2.05) is 64.6 Å². The van der Waals surface area contributed by atoms with Crippen molar-refractivity contribution in [3.63, 3.8) is 0 Å². The first-order valence-electron chi connectivity index (χ1n) is 5.58. The molecule has 0 N–H and O–H groups in total. The highest BCUT2D eigenvalue weighted by Gasteiger charge is 1.96. The van der Waals surface area contributed by atoms with E-state index in [4.69, 9.17) is 0 Å². The van der Waals surface area contributed by atoms with Crippen LogP contribution in [0.15, 0.2) is 18.9 Å². The third kappa shape index (κ3) is 5.89. The summed E-state index contributed by atoms with van der Waals surface area (Å²) in [5.74, 6) is 0.889. The van der Waals surface area contributed by atoms with E-state index >= 15 is 0 Å². The second-order valence-electron chi connectivity index (χ2n) is 2.33. The van der Waals surface area contributed by atoms with Crippen LogP contribution in [0.5, 0.6) is 0 Å². The number of rotatable bonds is 2. The van der Waals surface area contributed by atoms with E-state index in [2.05, 4.69) is 11.6 Å². The Hall–Kier alpha value is -1.31. The molecule has 0 aromatic carbocycles. The normalized spacial score (nSPS) is 8.67. The number of aryl methyl sites for hydroxylation is 1. The molecular formula is C13H24N2. The SMILES string of the molecule is C=Cc1nc(C)cn1/C=C\C.CC.CC. The lowest BCUT2D eigenvalue weighted by molar-refractivity contribution is 1.10. The van der Waals surface area contributed by atoms with Crippen LogP contribution in [0.2, 0.25) is 0 Å². The van der Waals surface area contributed by atoms with Gasteiger partial charge in [-0.05, 0) is 19.9 Å². The molecule has 86 valence electrons. The quantitative estimate of drug-likeness (QED) is 0.705. The summed E-state index contributed by atoms with van der Waals surface area (Å²) < 4.78 is 1.95. The molecule has 1 aromatic heterocycles. The number of aromatic nitrogens is 2. The Balaban J connectivity index is 0. The van der Waals surface area contributed by atoms with Crippen LogP contribution < -0.4 is 0 Å². The zero-order chi connectivity index (χ0) is 12.3. The van der Waals surface area contributed by atoms with Crippen LogP contribution >= 0.6 is 0 Å². The van der Waals surface area contributed by atoms with E-state index in [1.165, 1.54) is 0 Å². The van der Waals surface area contributed by atoms with Gasteiger partial charge >= 0.3 is 0 Å². The summed E-state index contributed by atoms with van der Waals surface area (Å²) in [4.78, 5) is 4.24. The first-order valence-corrected chi connectivity index (χ1v) is 5.58. The van der Waals surface area contributed by atoms with Crippen LogP contribution in [0.1, 0.15) is 46.1 Å². The molecule has 0 aliphatic heterocycles. The minimum absolute atomic E-state index is 0.889. The van der Waals surface area contributed by atoms with Gasteiger partial charge in [-0.3, -0.25) is 0 Å². The number of imidazole rings is 1. The van der Waals surface area contributed by atoms with Crippen LogP contribution in [0.3, 0.4) is 0 Å². The summed E-state index contributed by atoms with van der Waals surface area (Å²) >= 11 is 0. The highest BCUT2D eigenvalue weighted by molar-refractivity contribution is 5.43. The Morgan fingerprint density at radius 3 is 2.20 bits per heavy atom. The summed E-state index contributed by atoms with van der Waals surface area (Å²) in [5, 5.41) is 0. The van der Waals surface area contributed by atoms with Crippen molar-refractivity contribution in [2.45, 2.75) is 41.5 Å². The van der Waals surface area contributed by atoms with Crippen LogP contribution in [0.25, 0.3) is 12.3 Å². The van der Waals surface area contributed by atoms with Gasteiger partial charge in [-0.15, -0.1) is 0 Å². The number of allylic oxidation sites excluding steroid dienone is 1. The number of nitrogens with zero attached hydrogens (tertiary/aromatic N) is 2. The molecule has 0 aliphatic carbocycles. The predicted molar refractivity (Wildman–Crippen MR) is 70.8 cm³/mol. The summed E-state index contributed by atoms with van der Waals surface area (Å²) in [6, 6.07) is 0. The van der Waals surface area contributed by atoms with Gasteiger partial charge in [0.15, 0.2) is 0 Å². The van der Waals surface area contributed by atoms with Gasteiger partial charge in [-0.1, -0.05) is 40.3 Å². The second kappa shape index (κ2) is 10.8. The molecule has 2 heteroatoms. The van der Waals surface area contributed by atoms with Crippen molar-refractivity contribution in [3.05, 3.63) is 30.4 Å². The fraction of sp³-hybridized carbons (Fsp3) is 0.462. The van der Waals surface area contributed by atoms with Crippen molar-refractivity contribution in [1.82, 2.24) is 9.55 Å². The van der Waals surface area contributed by atoms with E-state index in [9.17, 15) is 0 Å². The van der Waals surface area contributed by atoms with Crippen LogP contribution in [0, 0.1) is 6.92 Å². The molecule has 1 aromatic rings. The molecule has 0 amide bonds. The monoisotopic (exact) mass is 208 g/mol. The maximum atomic E-state index is 4.24. The Kier molecular flexibility index (Phi) is 11.6. The van der Waals surface area contributed by atoms with E-state index in [1.54, 1.807) is 6.08 Å². The van der Waals surface area contributed by atoms with E-state index in [0.717, 1.165) is 11.5 Å². The molecule has 1 rings (SSSR count). The van der Waals surface area contributed by atoms with Crippen LogP contribution in [-0.4, -0.2) is 9.55 Å². The molecule has 15 heavy (non-hydrogen) atoms. The molecular weight excluding hydrogens is 184 g/mol. The molecule has 1 heterocycles. The van der Waals surface area contributed by atoms with Crippen molar-refractivity contribution < 1.29 is 0 Å². The summed E-state index contributed by atoms with van der Waals surface area (Å²) in [6.45, 7) is 15.6. The van der Waals surface area contributed by atoms with Gasteiger partial charge < -0.3 is 4.57 Å². The van der Waals surface area contributed by atoms with Crippen LogP contribution in [-0.2, 0) is 0 Å². The average Bonchev–Trinajstić information content (AvgIpc) is 2.65. The van der Waals surface area contributed by atoms with Crippen molar-refractivity contribution >= 4 is 12.3 Å². The van der Waals surface area contributed by atoms with Gasteiger partial charge in [0.1, 0.15) is 5.82 Å². The molecule has 0 saturated carbocycles. The topological polar surface area (TPSA) is 17.8 Å². The lowest BCUT2D eigenvalue weighted by Crippen LogP contribution is -1.86. The lowest BCUT2D eigenvalue weighted by Gasteiger charge is -1.93. The molecule has 0 bridgehead atoms. The third-order valence-corrected chi connectivity index (χ3v) is 1.37. The molecule has 0 radical (unpaired) electrons. The maximum absolute atomic E-state index is 4.24. The summed E-state index contributed by atoms with van der Waals surface area (Å²) in [5.41, 5.74) is 1.01. The lowest BCUT2D eigenvalue weighted by atomic mass is 10.5. The highest BCUT2D eigenvalue weighted by atomic mass is 15.0. The fourth-order valence-corrected chi connectivity index (χ4v) is 0.966. The Morgan fingerprint density at radius 2 is 1.80 bits per heavy atom. The van der Waals surface area contributed by atoms with E-state index in [-0.39, 0.29) is 0 Å². The minimum Gasteiger partial charge on any atom is -0.307 e. The standard InChI is InChI=1S/C9H12N2.2C2H6/c1-4-6-11-7-8(3)10-9(11)5-2;2*1-2/h4-7H,2H2,1,3H3;2*1-2H3/b6-4-;;. The zero-order valence-electron chi connectivity index (χ0n) is 10.9. The van der Waals surface area contributed by atoms with Crippen molar-refractivity contribution in [3.8, 4) is 0 Å². The number of hydrogen-bond acceptors (Lipinski definition) is 1. The molecule has 0 atom stereocenters. The van der Waals surface area contributed by atoms with Gasteiger partial charge in [-0.2, -0.15) is 0 Å². The first-order chi connectivity index (χ1) is 7.27. The summed E-state index contributed by atoms with van der Waals surface area (Å²) in [6.07, 6.45) is 7.63. The molecule has 0 saturated heterocycles. The number of hydrogen-bond donors (Lipinski definition) is 0.